The van der Waals surface area contributed by atoms with Gasteiger partial charge < -0.3 is 4.90 Å². The molecule has 140 valence electrons. The van der Waals surface area contributed by atoms with Crippen LogP contribution in [0.1, 0.15) is 77.6 Å². The summed E-state index contributed by atoms with van der Waals surface area (Å²) in [5.41, 5.74) is 0. The Morgan fingerprint density at radius 2 is 1.04 bits per heavy atom. The van der Waals surface area contributed by atoms with Crippen molar-refractivity contribution in [2.75, 3.05) is 13.1 Å². The molecule has 1 heteroatoms. The standard InChI is InChI=1S/C24H39N/c1-2-25(24-21-11-17-6-18(13-21)14-22(24)12-17)4-3-23-19-7-15-5-16(9-19)10-20(23)8-15/h15-24H,2-14H2,1H3. The van der Waals surface area contributed by atoms with Crippen LogP contribution in [-0.4, -0.2) is 24.0 Å². The van der Waals surface area contributed by atoms with Crippen LogP contribution in [0, 0.1) is 53.3 Å². The minimum atomic E-state index is 0.981. The molecule has 0 aromatic rings. The number of hydrogen-bond donors (Lipinski definition) is 0. The Balaban J connectivity index is 1.13. The summed E-state index contributed by atoms with van der Waals surface area (Å²) >= 11 is 0. The van der Waals surface area contributed by atoms with Gasteiger partial charge in [-0.3, -0.25) is 0 Å². The maximum Gasteiger partial charge on any atom is 0.0152 e. The monoisotopic (exact) mass is 341 g/mol. The summed E-state index contributed by atoms with van der Waals surface area (Å²) < 4.78 is 0. The van der Waals surface area contributed by atoms with Gasteiger partial charge in [-0.05, 0) is 137 Å². The summed E-state index contributed by atoms with van der Waals surface area (Å²) in [4.78, 5) is 3.00. The van der Waals surface area contributed by atoms with E-state index in [0.29, 0.717) is 0 Å². The number of hydrogen-bond acceptors (Lipinski definition) is 1. The zero-order valence-electron chi connectivity index (χ0n) is 16.4. The summed E-state index contributed by atoms with van der Waals surface area (Å²) in [5, 5.41) is 0. The molecule has 0 saturated heterocycles. The Hall–Kier alpha value is -0.0400. The minimum Gasteiger partial charge on any atom is -0.300 e. The molecule has 0 aromatic carbocycles. The van der Waals surface area contributed by atoms with Crippen LogP contribution in [-0.2, 0) is 0 Å². The first kappa shape index (κ1) is 16.0. The van der Waals surface area contributed by atoms with Crippen molar-refractivity contribution < 1.29 is 0 Å². The molecule has 8 aliphatic rings. The van der Waals surface area contributed by atoms with Crippen molar-refractivity contribution >= 4 is 0 Å². The lowest BCUT2D eigenvalue weighted by Crippen LogP contribution is -2.56. The second-order valence-electron chi connectivity index (χ2n) is 11.4. The van der Waals surface area contributed by atoms with Crippen LogP contribution in [0.3, 0.4) is 0 Å². The molecule has 0 amide bonds. The van der Waals surface area contributed by atoms with E-state index in [9.17, 15) is 0 Å². The van der Waals surface area contributed by atoms with Crippen LogP contribution < -0.4 is 0 Å². The fourth-order valence-corrected chi connectivity index (χ4v) is 9.83. The summed E-state index contributed by atoms with van der Waals surface area (Å²) in [6.07, 6.45) is 17.6. The van der Waals surface area contributed by atoms with E-state index in [2.05, 4.69) is 11.8 Å². The van der Waals surface area contributed by atoms with Gasteiger partial charge >= 0.3 is 0 Å². The van der Waals surface area contributed by atoms with Gasteiger partial charge in [-0.25, -0.2) is 0 Å². The fourth-order valence-electron chi connectivity index (χ4n) is 9.83. The van der Waals surface area contributed by atoms with Gasteiger partial charge in [0.15, 0.2) is 0 Å². The molecule has 0 heterocycles. The Labute approximate surface area is 155 Å². The summed E-state index contributed by atoms with van der Waals surface area (Å²) in [5.74, 6) is 10.1. The third kappa shape index (κ3) is 2.58. The first-order valence-electron chi connectivity index (χ1n) is 12.0. The van der Waals surface area contributed by atoms with Crippen molar-refractivity contribution in [1.82, 2.24) is 4.90 Å². The van der Waals surface area contributed by atoms with Crippen molar-refractivity contribution in [2.24, 2.45) is 53.3 Å². The number of nitrogens with zero attached hydrogens (tertiary/aromatic N) is 1. The maximum absolute atomic E-state index is 3.00. The molecule has 0 aliphatic heterocycles. The highest BCUT2D eigenvalue weighted by atomic mass is 15.2. The van der Waals surface area contributed by atoms with E-state index in [1.54, 1.807) is 70.6 Å². The van der Waals surface area contributed by atoms with E-state index in [1.807, 2.05) is 0 Å². The van der Waals surface area contributed by atoms with E-state index in [4.69, 9.17) is 0 Å². The average molecular weight is 342 g/mol. The van der Waals surface area contributed by atoms with Gasteiger partial charge in [0.25, 0.3) is 0 Å². The van der Waals surface area contributed by atoms with E-state index in [1.165, 1.54) is 13.1 Å². The van der Waals surface area contributed by atoms with Crippen LogP contribution in [0.2, 0.25) is 0 Å². The normalized spacial score (nSPS) is 55.4. The van der Waals surface area contributed by atoms with E-state index >= 15 is 0 Å². The highest BCUT2D eigenvalue weighted by molar-refractivity contribution is 5.03. The first-order valence-corrected chi connectivity index (χ1v) is 12.0. The Morgan fingerprint density at radius 3 is 1.48 bits per heavy atom. The van der Waals surface area contributed by atoms with E-state index in [-0.39, 0.29) is 0 Å². The summed E-state index contributed by atoms with van der Waals surface area (Å²) in [6.45, 7) is 5.22. The SMILES string of the molecule is CCN(CCC1C2CC3CC(C2)CC1C3)C1C2CC3CC(C2)CC1C3. The molecule has 0 radical (unpaired) electrons. The predicted octanol–water partition coefficient (Wildman–Crippen LogP) is 5.60. The van der Waals surface area contributed by atoms with Gasteiger partial charge in [-0.1, -0.05) is 6.92 Å². The lowest BCUT2D eigenvalue weighted by molar-refractivity contribution is -0.0751. The third-order valence-corrected chi connectivity index (χ3v) is 10.2. The number of rotatable bonds is 5. The highest BCUT2D eigenvalue weighted by Gasteiger charge is 2.51. The van der Waals surface area contributed by atoms with Crippen LogP contribution in [0.4, 0.5) is 0 Å². The first-order chi connectivity index (χ1) is 12.3. The molecule has 8 bridgehead atoms. The molecular weight excluding hydrogens is 302 g/mol. The quantitative estimate of drug-likeness (QED) is 0.629. The zero-order valence-corrected chi connectivity index (χ0v) is 16.4. The van der Waals surface area contributed by atoms with E-state index < -0.39 is 0 Å². The molecular formula is C24H39N. The molecule has 8 saturated carbocycles. The molecule has 25 heavy (non-hydrogen) atoms. The summed E-state index contributed by atoms with van der Waals surface area (Å²) in [6, 6.07) is 0.981. The second-order valence-corrected chi connectivity index (χ2v) is 11.4. The molecule has 0 unspecified atom stereocenters. The van der Waals surface area contributed by atoms with E-state index in [0.717, 1.165) is 59.3 Å². The molecule has 0 spiro atoms. The maximum atomic E-state index is 3.00. The average Bonchev–Trinajstić information content (AvgIpc) is 2.57. The Morgan fingerprint density at radius 1 is 0.600 bits per heavy atom. The smallest absolute Gasteiger partial charge is 0.0152 e. The fraction of sp³-hybridized carbons (Fsp3) is 1.00. The predicted molar refractivity (Wildman–Crippen MR) is 103 cm³/mol. The third-order valence-electron chi connectivity index (χ3n) is 10.2. The van der Waals surface area contributed by atoms with Gasteiger partial charge in [-0.15, -0.1) is 0 Å². The van der Waals surface area contributed by atoms with Crippen molar-refractivity contribution in [3.63, 3.8) is 0 Å². The van der Waals surface area contributed by atoms with Crippen LogP contribution >= 0.6 is 0 Å². The molecule has 0 N–H and O–H groups in total. The molecule has 8 aliphatic carbocycles. The van der Waals surface area contributed by atoms with Crippen molar-refractivity contribution in [2.45, 2.75) is 83.6 Å². The molecule has 8 fully saturated rings. The van der Waals surface area contributed by atoms with Gasteiger partial charge in [0.1, 0.15) is 0 Å². The van der Waals surface area contributed by atoms with Gasteiger partial charge in [0.2, 0.25) is 0 Å². The highest BCUT2D eigenvalue weighted by Crippen LogP contribution is 2.58. The lowest BCUT2D eigenvalue weighted by Gasteiger charge is -2.58. The van der Waals surface area contributed by atoms with Gasteiger partial charge in [-0.2, -0.15) is 0 Å². The molecule has 0 atom stereocenters. The Kier molecular flexibility index (Phi) is 3.82. The van der Waals surface area contributed by atoms with Crippen molar-refractivity contribution in [3.8, 4) is 0 Å². The lowest BCUT2D eigenvalue weighted by atomic mass is 9.51. The largest absolute Gasteiger partial charge is 0.300 e. The van der Waals surface area contributed by atoms with Crippen LogP contribution in [0.25, 0.3) is 0 Å². The second kappa shape index (κ2) is 5.98. The van der Waals surface area contributed by atoms with Crippen LogP contribution in [0.15, 0.2) is 0 Å². The molecule has 8 rings (SSSR count). The van der Waals surface area contributed by atoms with Crippen molar-refractivity contribution in [3.05, 3.63) is 0 Å². The molecule has 0 aromatic heterocycles. The van der Waals surface area contributed by atoms with Gasteiger partial charge in [0, 0.05) is 6.04 Å². The minimum absolute atomic E-state index is 0.981. The van der Waals surface area contributed by atoms with Crippen LogP contribution in [0.5, 0.6) is 0 Å². The van der Waals surface area contributed by atoms with Crippen molar-refractivity contribution in [1.29, 1.82) is 0 Å². The topological polar surface area (TPSA) is 3.24 Å². The summed E-state index contributed by atoms with van der Waals surface area (Å²) in [7, 11) is 0. The zero-order chi connectivity index (χ0) is 16.5. The van der Waals surface area contributed by atoms with Gasteiger partial charge in [0.05, 0.1) is 0 Å². The Bertz CT molecular complexity index is 454. The molecule has 1 nitrogen and oxygen atoms in total.